The Balaban J connectivity index is 1.36. The highest BCUT2D eigenvalue weighted by atomic mass is 16.5. The Kier molecular flexibility index (Phi) is 6.27. The standard InChI is InChI=1S/C23H26N4O3/c28-22(16-27-23(29)26-14-8-2-5-13-21(26)25-27)24-15-19-11-6-7-12-20(19)30-17-18-9-3-1-4-10-18/h1,3-4,6-7,9-12H,2,5,8,13-17H2,(H,24,28). The van der Waals surface area contributed by atoms with E-state index in [0.29, 0.717) is 19.7 Å². The van der Waals surface area contributed by atoms with E-state index in [9.17, 15) is 9.59 Å². The summed E-state index contributed by atoms with van der Waals surface area (Å²) < 4.78 is 8.91. The van der Waals surface area contributed by atoms with Crippen molar-refractivity contribution < 1.29 is 9.53 Å². The molecule has 1 N–H and O–H groups in total. The molecule has 0 atom stereocenters. The summed E-state index contributed by atoms with van der Waals surface area (Å²) in [6.07, 6.45) is 3.90. The van der Waals surface area contributed by atoms with Crippen LogP contribution in [0.4, 0.5) is 0 Å². The monoisotopic (exact) mass is 406 g/mol. The quantitative estimate of drug-likeness (QED) is 0.654. The highest BCUT2D eigenvalue weighted by Crippen LogP contribution is 2.19. The van der Waals surface area contributed by atoms with E-state index in [1.165, 1.54) is 4.68 Å². The first-order valence-corrected chi connectivity index (χ1v) is 10.4. The number of rotatable bonds is 7. The molecule has 0 saturated carbocycles. The molecular weight excluding hydrogens is 380 g/mol. The smallest absolute Gasteiger partial charge is 0.346 e. The van der Waals surface area contributed by atoms with Crippen LogP contribution < -0.4 is 15.7 Å². The number of ether oxygens (including phenoxy) is 1. The summed E-state index contributed by atoms with van der Waals surface area (Å²) in [6, 6.07) is 17.6. The van der Waals surface area contributed by atoms with Crippen molar-refractivity contribution in [1.82, 2.24) is 19.7 Å². The highest BCUT2D eigenvalue weighted by Gasteiger charge is 2.17. The fraction of sp³-hybridized carbons (Fsp3) is 0.348. The molecule has 0 spiro atoms. The lowest BCUT2D eigenvalue weighted by molar-refractivity contribution is -0.122. The molecule has 0 saturated heterocycles. The number of nitrogens with zero attached hydrogens (tertiary/aromatic N) is 3. The molecule has 4 rings (SSSR count). The van der Waals surface area contributed by atoms with E-state index >= 15 is 0 Å². The van der Waals surface area contributed by atoms with Crippen LogP contribution in [-0.4, -0.2) is 20.3 Å². The number of para-hydroxylation sites is 1. The van der Waals surface area contributed by atoms with Crippen molar-refractivity contribution in [2.24, 2.45) is 0 Å². The number of hydrogen-bond donors (Lipinski definition) is 1. The van der Waals surface area contributed by atoms with Crippen LogP contribution in [-0.2, 0) is 37.5 Å². The molecule has 7 nitrogen and oxygen atoms in total. The zero-order valence-corrected chi connectivity index (χ0v) is 16.9. The van der Waals surface area contributed by atoms with E-state index < -0.39 is 0 Å². The van der Waals surface area contributed by atoms with Crippen molar-refractivity contribution in [1.29, 1.82) is 0 Å². The van der Waals surface area contributed by atoms with Gasteiger partial charge >= 0.3 is 5.69 Å². The molecule has 1 aliphatic heterocycles. The molecule has 7 heteroatoms. The zero-order valence-electron chi connectivity index (χ0n) is 16.9. The maximum Gasteiger partial charge on any atom is 0.346 e. The average Bonchev–Trinajstić information content (AvgIpc) is 2.93. The predicted molar refractivity (Wildman–Crippen MR) is 113 cm³/mol. The second kappa shape index (κ2) is 9.43. The summed E-state index contributed by atoms with van der Waals surface area (Å²) in [5, 5.41) is 7.25. The molecule has 30 heavy (non-hydrogen) atoms. The second-order valence-electron chi connectivity index (χ2n) is 7.48. The van der Waals surface area contributed by atoms with Gasteiger partial charge in [-0.05, 0) is 24.5 Å². The number of benzene rings is 2. The van der Waals surface area contributed by atoms with Crippen LogP contribution in [0.1, 0.15) is 36.2 Å². The van der Waals surface area contributed by atoms with Gasteiger partial charge in [0.05, 0.1) is 0 Å². The average molecular weight is 406 g/mol. The number of fused-ring (bicyclic) bond motifs is 1. The van der Waals surface area contributed by atoms with Crippen molar-refractivity contribution in [3.63, 3.8) is 0 Å². The normalized spacial score (nSPS) is 13.3. The van der Waals surface area contributed by atoms with Crippen LogP contribution >= 0.6 is 0 Å². The molecule has 0 unspecified atom stereocenters. The Hall–Kier alpha value is -3.35. The predicted octanol–water partition coefficient (Wildman–Crippen LogP) is 2.67. The van der Waals surface area contributed by atoms with Crippen LogP contribution in [0, 0.1) is 0 Å². The van der Waals surface area contributed by atoms with Crippen molar-refractivity contribution in [3.05, 3.63) is 82.0 Å². The summed E-state index contributed by atoms with van der Waals surface area (Å²) >= 11 is 0. The lowest BCUT2D eigenvalue weighted by Gasteiger charge is -2.12. The van der Waals surface area contributed by atoms with Crippen LogP contribution in [0.25, 0.3) is 0 Å². The Bertz CT molecular complexity index is 1060. The van der Waals surface area contributed by atoms with Crippen LogP contribution in [0.15, 0.2) is 59.4 Å². The fourth-order valence-corrected chi connectivity index (χ4v) is 3.64. The first kappa shape index (κ1) is 19.9. The van der Waals surface area contributed by atoms with Gasteiger partial charge < -0.3 is 10.1 Å². The Morgan fingerprint density at radius 3 is 2.70 bits per heavy atom. The number of hydrogen-bond acceptors (Lipinski definition) is 4. The van der Waals surface area contributed by atoms with Crippen LogP contribution in [0.5, 0.6) is 5.75 Å². The van der Waals surface area contributed by atoms with Gasteiger partial charge in [-0.2, -0.15) is 5.10 Å². The molecule has 0 radical (unpaired) electrons. The van der Waals surface area contributed by atoms with Gasteiger partial charge in [-0.15, -0.1) is 0 Å². The molecular formula is C23H26N4O3. The molecule has 1 aromatic heterocycles. The van der Waals surface area contributed by atoms with Gasteiger partial charge in [0.2, 0.25) is 5.91 Å². The Labute approximate surface area is 175 Å². The molecule has 1 amide bonds. The van der Waals surface area contributed by atoms with Gasteiger partial charge in [-0.25, -0.2) is 9.48 Å². The molecule has 3 aromatic rings. The number of aryl methyl sites for hydroxylation is 1. The third kappa shape index (κ3) is 4.79. The van der Waals surface area contributed by atoms with Crippen molar-refractivity contribution in [2.45, 2.75) is 51.9 Å². The lowest BCUT2D eigenvalue weighted by atomic mass is 10.2. The number of amides is 1. The summed E-state index contributed by atoms with van der Waals surface area (Å²) in [5.74, 6) is 1.26. The number of carbonyl (C=O) groups is 1. The van der Waals surface area contributed by atoms with E-state index in [1.54, 1.807) is 4.57 Å². The molecule has 1 aliphatic rings. The molecule has 0 bridgehead atoms. The van der Waals surface area contributed by atoms with Gasteiger partial charge in [-0.1, -0.05) is 55.0 Å². The first-order valence-electron chi connectivity index (χ1n) is 10.4. The summed E-state index contributed by atoms with van der Waals surface area (Å²) in [4.78, 5) is 25.0. The SMILES string of the molecule is O=C(Cn1nc2n(c1=O)CCCCC2)NCc1ccccc1OCc1ccccc1. The molecule has 0 fully saturated rings. The van der Waals surface area contributed by atoms with Crippen molar-refractivity contribution in [2.75, 3.05) is 0 Å². The topological polar surface area (TPSA) is 78.2 Å². The third-order valence-corrected chi connectivity index (χ3v) is 5.26. The van der Waals surface area contributed by atoms with E-state index in [4.69, 9.17) is 4.74 Å². The molecule has 0 aliphatic carbocycles. The maximum atomic E-state index is 12.5. The first-order chi connectivity index (χ1) is 14.7. The van der Waals surface area contributed by atoms with Gasteiger partial charge in [0, 0.05) is 25.1 Å². The zero-order chi connectivity index (χ0) is 20.8. The molecule has 156 valence electrons. The summed E-state index contributed by atoms with van der Waals surface area (Å²) in [6.45, 7) is 1.39. The minimum atomic E-state index is -0.247. The Morgan fingerprint density at radius 1 is 1.03 bits per heavy atom. The second-order valence-corrected chi connectivity index (χ2v) is 7.48. The van der Waals surface area contributed by atoms with Crippen molar-refractivity contribution >= 4 is 5.91 Å². The molecule has 2 heterocycles. The highest BCUT2D eigenvalue weighted by molar-refractivity contribution is 5.75. The Morgan fingerprint density at radius 2 is 1.83 bits per heavy atom. The maximum absolute atomic E-state index is 12.5. The number of nitrogens with one attached hydrogen (secondary N) is 1. The minimum absolute atomic E-state index is 0.0775. The lowest BCUT2D eigenvalue weighted by Crippen LogP contribution is -2.33. The minimum Gasteiger partial charge on any atom is -0.489 e. The van der Waals surface area contributed by atoms with Gasteiger partial charge in [0.1, 0.15) is 24.7 Å². The van der Waals surface area contributed by atoms with E-state index in [0.717, 1.165) is 48.4 Å². The molecule has 2 aromatic carbocycles. The fourth-order valence-electron chi connectivity index (χ4n) is 3.64. The van der Waals surface area contributed by atoms with E-state index in [1.807, 2.05) is 54.6 Å². The van der Waals surface area contributed by atoms with Crippen LogP contribution in [0.2, 0.25) is 0 Å². The summed E-state index contributed by atoms with van der Waals surface area (Å²) in [5.41, 5.74) is 1.76. The van der Waals surface area contributed by atoms with Crippen molar-refractivity contribution in [3.8, 4) is 5.75 Å². The third-order valence-electron chi connectivity index (χ3n) is 5.26. The summed E-state index contributed by atoms with van der Waals surface area (Å²) in [7, 11) is 0. The van der Waals surface area contributed by atoms with Gasteiger partial charge in [0.25, 0.3) is 0 Å². The largest absolute Gasteiger partial charge is 0.489 e. The van der Waals surface area contributed by atoms with Gasteiger partial charge in [0.15, 0.2) is 0 Å². The number of carbonyl (C=O) groups excluding carboxylic acids is 1. The van der Waals surface area contributed by atoms with E-state index in [2.05, 4.69) is 10.4 Å². The number of aromatic nitrogens is 3. The van der Waals surface area contributed by atoms with E-state index in [-0.39, 0.29) is 18.1 Å². The van der Waals surface area contributed by atoms with Gasteiger partial charge in [-0.3, -0.25) is 9.36 Å². The van der Waals surface area contributed by atoms with Crippen LogP contribution in [0.3, 0.4) is 0 Å².